The Labute approximate surface area is 180 Å². The molecule has 0 saturated carbocycles. The third-order valence-electron chi connectivity index (χ3n) is 4.06. The predicted octanol–water partition coefficient (Wildman–Crippen LogP) is 2.52. The second-order valence-corrected chi connectivity index (χ2v) is 6.02. The van der Waals surface area contributed by atoms with Gasteiger partial charge in [0, 0.05) is 33.4 Å². The first-order chi connectivity index (χ1) is 12.6. The maximum atomic E-state index is 5.43. The van der Waals surface area contributed by atoms with Gasteiger partial charge in [0.2, 0.25) is 0 Å². The summed E-state index contributed by atoms with van der Waals surface area (Å²) in [4.78, 5) is 6.45. The molecule has 0 amide bonds. The first kappa shape index (κ1) is 25.7. The Bertz CT molecular complexity index is 556. The number of hydrogen-bond donors (Lipinski definition) is 2. The molecule has 0 heterocycles. The zero-order valence-electron chi connectivity index (χ0n) is 17.4. The van der Waals surface area contributed by atoms with Crippen molar-refractivity contribution in [3.05, 3.63) is 23.8 Å². The molecular weight excluding hydrogens is 459 g/mol. The van der Waals surface area contributed by atoms with Crippen LogP contribution in [0.1, 0.15) is 24.9 Å². The highest BCUT2D eigenvalue weighted by Crippen LogP contribution is 2.31. The minimum atomic E-state index is 0. The smallest absolute Gasteiger partial charge is 0.191 e. The molecule has 1 atom stereocenters. The molecule has 0 aliphatic carbocycles. The fourth-order valence-electron chi connectivity index (χ4n) is 2.60. The lowest BCUT2D eigenvalue weighted by atomic mass is 10.1. The summed E-state index contributed by atoms with van der Waals surface area (Å²) in [7, 11) is 9.18. The molecule has 0 spiro atoms. The summed E-state index contributed by atoms with van der Waals surface area (Å²) in [6.45, 7) is 5.05. The lowest BCUT2D eigenvalue weighted by Crippen LogP contribution is -2.42. The van der Waals surface area contributed by atoms with E-state index in [0.29, 0.717) is 6.54 Å². The van der Waals surface area contributed by atoms with E-state index in [4.69, 9.17) is 14.2 Å². The number of benzene rings is 1. The minimum absolute atomic E-state index is 0. The van der Waals surface area contributed by atoms with Crippen molar-refractivity contribution in [3.8, 4) is 11.5 Å². The summed E-state index contributed by atoms with van der Waals surface area (Å²) in [5, 5.41) is 6.70. The van der Waals surface area contributed by atoms with Gasteiger partial charge in [-0.2, -0.15) is 0 Å². The predicted molar refractivity (Wildman–Crippen MR) is 122 cm³/mol. The summed E-state index contributed by atoms with van der Waals surface area (Å²) in [5.74, 6) is 2.25. The van der Waals surface area contributed by atoms with Crippen LogP contribution in [0.3, 0.4) is 0 Å². The zero-order chi connectivity index (χ0) is 19.4. The van der Waals surface area contributed by atoms with Crippen LogP contribution in [0.25, 0.3) is 0 Å². The SMILES string of the molecule is CCOCCCNC(=NC)NCC(c1ccc(OC)c(OC)c1)N(C)C.I. The molecule has 1 rings (SSSR count). The maximum absolute atomic E-state index is 5.43. The number of halogens is 1. The quantitative estimate of drug-likeness (QED) is 0.213. The van der Waals surface area contributed by atoms with Gasteiger partial charge in [-0.15, -0.1) is 24.0 Å². The van der Waals surface area contributed by atoms with Crippen LogP contribution in [0, 0.1) is 0 Å². The molecule has 0 aliphatic rings. The van der Waals surface area contributed by atoms with Crippen LogP contribution in [0.4, 0.5) is 0 Å². The Kier molecular flexibility index (Phi) is 14.1. The van der Waals surface area contributed by atoms with Crippen molar-refractivity contribution in [2.24, 2.45) is 4.99 Å². The number of nitrogens with one attached hydrogen (secondary N) is 2. The molecule has 0 bridgehead atoms. The van der Waals surface area contributed by atoms with Gasteiger partial charge in [0.15, 0.2) is 17.5 Å². The van der Waals surface area contributed by atoms with Gasteiger partial charge in [0.1, 0.15) is 0 Å². The number of aliphatic imine (C=N–C) groups is 1. The summed E-state index contributed by atoms with van der Waals surface area (Å²) in [5.41, 5.74) is 1.15. The van der Waals surface area contributed by atoms with Crippen LogP contribution in [0.5, 0.6) is 11.5 Å². The van der Waals surface area contributed by atoms with Crippen LogP contribution >= 0.6 is 24.0 Å². The Hall–Kier alpha value is -1.26. The van der Waals surface area contributed by atoms with Gasteiger partial charge < -0.3 is 29.7 Å². The van der Waals surface area contributed by atoms with Gasteiger partial charge in [0.25, 0.3) is 0 Å². The van der Waals surface area contributed by atoms with Crippen LogP contribution in [-0.2, 0) is 4.74 Å². The van der Waals surface area contributed by atoms with Crippen molar-refractivity contribution in [2.75, 3.05) is 61.7 Å². The van der Waals surface area contributed by atoms with Crippen molar-refractivity contribution < 1.29 is 14.2 Å². The number of hydrogen-bond acceptors (Lipinski definition) is 5. The largest absolute Gasteiger partial charge is 0.493 e. The topological polar surface area (TPSA) is 67.3 Å². The molecule has 0 fully saturated rings. The van der Waals surface area contributed by atoms with E-state index in [0.717, 1.165) is 49.2 Å². The van der Waals surface area contributed by atoms with E-state index in [2.05, 4.69) is 40.7 Å². The lowest BCUT2D eigenvalue weighted by Gasteiger charge is -2.26. The fraction of sp³-hybridized carbons (Fsp3) is 0.632. The first-order valence-corrected chi connectivity index (χ1v) is 8.97. The van der Waals surface area contributed by atoms with Crippen molar-refractivity contribution in [1.82, 2.24) is 15.5 Å². The molecule has 156 valence electrons. The van der Waals surface area contributed by atoms with E-state index in [9.17, 15) is 0 Å². The summed E-state index contributed by atoms with van der Waals surface area (Å²) < 4.78 is 16.1. The summed E-state index contributed by atoms with van der Waals surface area (Å²) in [6, 6.07) is 6.18. The Morgan fingerprint density at radius 3 is 2.41 bits per heavy atom. The third-order valence-corrected chi connectivity index (χ3v) is 4.06. The maximum Gasteiger partial charge on any atom is 0.191 e. The summed E-state index contributed by atoms with van der Waals surface area (Å²) >= 11 is 0. The number of methoxy groups -OCH3 is 2. The average Bonchev–Trinajstić information content (AvgIpc) is 2.65. The number of nitrogens with zero attached hydrogens (tertiary/aromatic N) is 2. The highest BCUT2D eigenvalue weighted by Gasteiger charge is 2.17. The van der Waals surface area contributed by atoms with Crippen LogP contribution in [0.15, 0.2) is 23.2 Å². The molecule has 1 aromatic carbocycles. The van der Waals surface area contributed by atoms with Gasteiger partial charge >= 0.3 is 0 Å². The molecule has 0 aromatic heterocycles. The number of ether oxygens (including phenoxy) is 3. The van der Waals surface area contributed by atoms with E-state index in [1.807, 2.05) is 19.1 Å². The van der Waals surface area contributed by atoms with Crippen LogP contribution in [0.2, 0.25) is 0 Å². The van der Waals surface area contributed by atoms with E-state index < -0.39 is 0 Å². The van der Waals surface area contributed by atoms with E-state index in [1.54, 1.807) is 21.3 Å². The van der Waals surface area contributed by atoms with Gasteiger partial charge in [-0.1, -0.05) is 6.07 Å². The highest BCUT2D eigenvalue weighted by atomic mass is 127. The monoisotopic (exact) mass is 494 g/mol. The van der Waals surface area contributed by atoms with Crippen molar-refractivity contribution >= 4 is 29.9 Å². The number of rotatable bonds is 11. The normalized spacial score (nSPS) is 12.3. The molecule has 0 saturated heterocycles. The van der Waals surface area contributed by atoms with Gasteiger partial charge in [-0.25, -0.2) is 0 Å². The Morgan fingerprint density at radius 2 is 1.85 bits per heavy atom. The standard InChI is InChI=1S/C19H34N4O3.HI/c1-7-26-12-8-11-21-19(20-2)22-14-16(23(3)4)15-9-10-17(24-5)18(13-15)25-6;/h9-10,13,16H,7-8,11-12,14H2,1-6H3,(H2,20,21,22);1H. The molecule has 27 heavy (non-hydrogen) atoms. The lowest BCUT2D eigenvalue weighted by molar-refractivity contribution is 0.145. The van der Waals surface area contributed by atoms with Gasteiger partial charge in [0.05, 0.1) is 20.3 Å². The molecule has 1 unspecified atom stereocenters. The fourth-order valence-corrected chi connectivity index (χ4v) is 2.60. The van der Waals surface area contributed by atoms with Crippen molar-refractivity contribution in [1.29, 1.82) is 0 Å². The summed E-state index contributed by atoms with van der Waals surface area (Å²) in [6.07, 6.45) is 0.946. The van der Waals surface area contributed by atoms with Gasteiger partial charge in [-0.3, -0.25) is 4.99 Å². The molecular formula is C19H35IN4O3. The zero-order valence-corrected chi connectivity index (χ0v) is 19.7. The second-order valence-electron chi connectivity index (χ2n) is 6.02. The first-order valence-electron chi connectivity index (χ1n) is 8.97. The Balaban J connectivity index is 0.00000676. The highest BCUT2D eigenvalue weighted by molar-refractivity contribution is 14.0. The van der Waals surface area contributed by atoms with E-state index >= 15 is 0 Å². The van der Waals surface area contributed by atoms with Crippen molar-refractivity contribution in [3.63, 3.8) is 0 Å². The molecule has 1 aromatic rings. The van der Waals surface area contributed by atoms with Crippen molar-refractivity contribution in [2.45, 2.75) is 19.4 Å². The van der Waals surface area contributed by atoms with Crippen LogP contribution in [-0.4, -0.2) is 72.5 Å². The number of likely N-dealkylation sites (N-methyl/N-ethyl adjacent to an activating group) is 1. The molecule has 8 heteroatoms. The average molecular weight is 494 g/mol. The van der Waals surface area contributed by atoms with E-state index in [1.165, 1.54) is 0 Å². The molecule has 0 radical (unpaired) electrons. The molecule has 2 N–H and O–H groups in total. The molecule has 7 nitrogen and oxygen atoms in total. The minimum Gasteiger partial charge on any atom is -0.493 e. The van der Waals surface area contributed by atoms with Gasteiger partial charge in [-0.05, 0) is 45.1 Å². The number of guanidine groups is 1. The van der Waals surface area contributed by atoms with E-state index in [-0.39, 0.29) is 30.0 Å². The molecule has 0 aliphatic heterocycles. The second kappa shape index (κ2) is 14.8. The van der Waals surface area contributed by atoms with Crippen LogP contribution < -0.4 is 20.1 Å². The third kappa shape index (κ3) is 8.98. The Morgan fingerprint density at radius 1 is 1.15 bits per heavy atom.